The highest BCUT2D eigenvalue weighted by Gasteiger charge is 2.17. The van der Waals surface area contributed by atoms with E-state index in [-0.39, 0.29) is 5.91 Å². The number of aromatic nitrogens is 1. The van der Waals surface area contributed by atoms with Crippen LogP contribution < -0.4 is 10.6 Å². The molecule has 2 rings (SSSR count). The molecule has 0 unspecified atom stereocenters. The zero-order valence-electron chi connectivity index (χ0n) is 11.6. The van der Waals surface area contributed by atoms with E-state index in [0.717, 1.165) is 17.7 Å². The molecule has 1 amide bonds. The van der Waals surface area contributed by atoms with Crippen LogP contribution in [0.5, 0.6) is 0 Å². The summed E-state index contributed by atoms with van der Waals surface area (Å²) in [5.74, 6) is -0.0760. The van der Waals surface area contributed by atoms with Gasteiger partial charge in [-0.25, -0.2) is 0 Å². The van der Waals surface area contributed by atoms with Crippen LogP contribution in [0.15, 0.2) is 48.7 Å². The summed E-state index contributed by atoms with van der Waals surface area (Å²) < 4.78 is 0. The topological polar surface area (TPSA) is 59.2 Å². The van der Waals surface area contributed by atoms with Crippen molar-refractivity contribution in [1.82, 2.24) is 4.98 Å². The number of amides is 1. The third-order valence-electron chi connectivity index (χ3n) is 3.06. The lowest BCUT2D eigenvalue weighted by atomic mass is 10.2. The smallest absolute Gasteiger partial charge is 0.276 e. The minimum atomic E-state index is -0.0760. The standard InChI is InChI=1S/C16H19N3O/c1-2-11-19(14-8-6-13(12-17)7-9-14)16(20)15-5-3-4-10-18-15/h3-10H,2,11-12,17H2,1H3. The Morgan fingerprint density at radius 2 is 1.95 bits per heavy atom. The Morgan fingerprint density at radius 1 is 1.20 bits per heavy atom. The molecular weight excluding hydrogens is 250 g/mol. The molecule has 4 heteroatoms. The first-order chi connectivity index (χ1) is 9.76. The number of rotatable bonds is 5. The number of pyridine rings is 1. The van der Waals surface area contributed by atoms with Crippen molar-refractivity contribution in [3.8, 4) is 0 Å². The van der Waals surface area contributed by atoms with Crippen molar-refractivity contribution in [2.75, 3.05) is 11.4 Å². The predicted octanol–water partition coefficient (Wildman–Crippen LogP) is 2.60. The SMILES string of the molecule is CCCN(C(=O)c1ccccn1)c1ccc(CN)cc1. The van der Waals surface area contributed by atoms with Gasteiger partial charge in [0.1, 0.15) is 5.69 Å². The Hall–Kier alpha value is -2.20. The Balaban J connectivity index is 2.28. The molecule has 20 heavy (non-hydrogen) atoms. The average molecular weight is 269 g/mol. The van der Waals surface area contributed by atoms with Crippen LogP contribution in [-0.4, -0.2) is 17.4 Å². The van der Waals surface area contributed by atoms with Gasteiger partial charge in [0.15, 0.2) is 0 Å². The maximum atomic E-state index is 12.5. The minimum absolute atomic E-state index is 0.0760. The maximum Gasteiger partial charge on any atom is 0.276 e. The molecule has 0 aliphatic carbocycles. The van der Waals surface area contributed by atoms with E-state index in [2.05, 4.69) is 4.98 Å². The summed E-state index contributed by atoms with van der Waals surface area (Å²) in [4.78, 5) is 18.4. The molecule has 2 aromatic rings. The fourth-order valence-corrected chi connectivity index (χ4v) is 2.01. The number of benzene rings is 1. The number of hydrogen-bond donors (Lipinski definition) is 1. The fraction of sp³-hybridized carbons (Fsp3) is 0.250. The molecule has 1 heterocycles. The lowest BCUT2D eigenvalue weighted by Crippen LogP contribution is -2.32. The quantitative estimate of drug-likeness (QED) is 0.907. The molecule has 104 valence electrons. The van der Waals surface area contributed by atoms with Crippen molar-refractivity contribution in [3.05, 3.63) is 59.9 Å². The summed E-state index contributed by atoms with van der Waals surface area (Å²) in [5.41, 5.74) is 7.98. The van der Waals surface area contributed by atoms with E-state index >= 15 is 0 Å². The van der Waals surface area contributed by atoms with Gasteiger partial charge in [-0.1, -0.05) is 25.1 Å². The molecule has 0 aliphatic rings. The van der Waals surface area contributed by atoms with E-state index in [1.165, 1.54) is 0 Å². The lowest BCUT2D eigenvalue weighted by Gasteiger charge is -2.22. The molecule has 0 radical (unpaired) electrons. The Morgan fingerprint density at radius 3 is 2.50 bits per heavy atom. The van der Waals surface area contributed by atoms with Gasteiger partial charge in [-0.2, -0.15) is 0 Å². The average Bonchev–Trinajstić information content (AvgIpc) is 2.53. The first-order valence-corrected chi connectivity index (χ1v) is 6.78. The van der Waals surface area contributed by atoms with Crippen molar-refractivity contribution in [1.29, 1.82) is 0 Å². The number of carbonyl (C=O) groups is 1. The highest BCUT2D eigenvalue weighted by molar-refractivity contribution is 6.04. The predicted molar refractivity (Wildman–Crippen MR) is 80.5 cm³/mol. The molecule has 0 aliphatic heterocycles. The first kappa shape index (κ1) is 14.2. The van der Waals surface area contributed by atoms with Gasteiger partial charge in [-0.3, -0.25) is 9.78 Å². The molecule has 4 nitrogen and oxygen atoms in total. The van der Waals surface area contributed by atoms with Gasteiger partial charge in [-0.05, 0) is 36.2 Å². The maximum absolute atomic E-state index is 12.5. The molecule has 2 N–H and O–H groups in total. The third kappa shape index (κ3) is 3.22. The van der Waals surface area contributed by atoms with E-state index < -0.39 is 0 Å². The number of nitrogens with zero attached hydrogens (tertiary/aromatic N) is 2. The molecule has 0 saturated carbocycles. The van der Waals surface area contributed by atoms with Crippen LogP contribution >= 0.6 is 0 Å². The number of hydrogen-bond acceptors (Lipinski definition) is 3. The summed E-state index contributed by atoms with van der Waals surface area (Å²) in [6.45, 7) is 3.21. The second-order valence-corrected chi connectivity index (χ2v) is 4.54. The third-order valence-corrected chi connectivity index (χ3v) is 3.06. The van der Waals surface area contributed by atoms with Crippen LogP contribution in [0.4, 0.5) is 5.69 Å². The molecule has 0 bridgehead atoms. The van der Waals surface area contributed by atoms with Crippen LogP contribution in [-0.2, 0) is 6.54 Å². The van der Waals surface area contributed by atoms with Gasteiger partial charge >= 0.3 is 0 Å². The molecule has 0 saturated heterocycles. The highest BCUT2D eigenvalue weighted by Crippen LogP contribution is 2.18. The van der Waals surface area contributed by atoms with Crippen LogP contribution in [0, 0.1) is 0 Å². The summed E-state index contributed by atoms with van der Waals surface area (Å²) >= 11 is 0. The summed E-state index contributed by atoms with van der Waals surface area (Å²) in [6.07, 6.45) is 2.52. The minimum Gasteiger partial charge on any atom is -0.326 e. The molecule has 0 atom stereocenters. The summed E-state index contributed by atoms with van der Waals surface area (Å²) in [7, 11) is 0. The van der Waals surface area contributed by atoms with Crippen molar-refractivity contribution >= 4 is 11.6 Å². The van der Waals surface area contributed by atoms with Crippen LogP contribution in [0.1, 0.15) is 29.4 Å². The Labute approximate surface area is 119 Å². The van der Waals surface area contributed by atoms with E-state index in [4.69, 9.17) is 5.73 Å². The van der Waals surface area contributed by atoms with Crippen LogP contribution in [0.3, 0.4) is 0 Å². The first-order valence-electron chi connectivity index (χ1n) is 6.78. The van der Waals surface area contributed by atoms with Gasteiger partial charge in [0, 0.05) is 25.0 Å². The summed E-state index contributed by atoms with van der Waals surface area (Å²) in [6, 6.07) is 13.1. The van der Waals surface area contributed by atoms with Crippen molar-refractivity contribution in [2.45, 2.75) is 19.9 Å². The second kappa shape index (κ2) is 6.82. The van der Waals surface area contributed by atoms with Crippen molar-refractivity contribution < 1.29 is 4.79 Å². The number of anilines is 1. The van der Waals surface area contributed by atoms with Gasteiger partial charge in [0.05, 0.1) is 0 Å². The zero-order valence-corrected chi connectivity index (χ0v) is 11.6. The fourth-order valence-electron chi connectivity index (χ4n) is 2.01. The zero-order chi connectivity index (χ0) is 14.4. The second-order valence-electron chi connectivity index (χ2n) is 4.54. The Bertz CT molecular complexity index is 552. The number of nitrogens with two attached hydrogens (primary N) is 1. The van der Waals surface area contributed by atoms with E-state index in [1.54, 1.807) is 23.2 Å². The van der Waals surface area contributed by atoms with Gasteiger partial charge in [0.2, 0.25) is 0 Å². The lowest BCUT2D eigenvalue weighted by molar-refractivity contribution is 0.0982. The van der Waals surface area contributed by atoms with Crippen molar-refractivity contribution in [3.63, 3.8) is 0 Å². The van der Waals surface area contributed by atoms with Crippen LogP contribution in [0.25, 0.3) is 0 Å². The van der Waals surface area contributed by atoms with Gasteiger partial charge in [0.25, 0.3) is 5.91 Å². The molecule has 1 aromatic carbocycles. The molecule has 0 spiro atoms. The van der Waals surface area contributed by atoms with E-state index in [1.807, 2.05) is 37.3 Å². The van der Waals surface area contributed by atoms with Crippen molar-refractivity contribution in [2.24, 2.45) is 5.73 Å². The number of carbonyl (C=O) groups excluding carboxylic acids is 1. The molecular formula is C16H19N3O. The van der Waals surface area contributed by atoms with Gasteiger partial charge < -0.3 is 10.6 Å². The highest BCUT2D eigenvalue weighted by atomic mass is 16.2. The van der Waals surface area contributed by atoms with E-state index in [9.17, 15) is 4.79 Å². The summed E-state index contributed by atoms with van der Waals surface area (Å²) in [5, 5.41) is 0. The normalized spacial score (nSPS) is 10.3. The molecule has 0 fully saturated rings. The molecule has 1 aromatic heterocycles. The Kier molecular flexibility index (Phi) is 4.85. The van der Waals surface area contributed by atoms with Gasteiger partial charge in [-0.15, -0.1) is 0 Å². The van der Waals surface area contributed by atoms with Crippen LogP contribution in [0.2, 0.25) is 0 Å². The largest absolute Gasteiger partial charge is 0.326 e. The van der Waals surface area contributed by atoms with E-state index in [0.29, 0.717) is 18.8 Å². The monoisotopic (exact) mass is 269 g/mol.